The monoisotopic (exact) mass is 272 g/mol. The lowest BCUT2D eigenvalue weighted by Crippen LogP contribution is -2.23. The van der Waals surface area contributed by atoms with Crippen LogP contribution < -0.4 is 4.74 Å². The van der Waals surface area contributed by atoms with Gasteiger partial charge in [0.15, 0.2) is 0 Å². The smallest absolute Gasteiger partial charge is 0.125 e. The molecule has 0 aliphatic rings. The summed E-state index contributed by atoms with van der Waals surface area (Å²) in [5.74, 6) is 0.815. The van der Waals surface area contributed by atoms with Crippen LogP contribution in [0.5, 0.6) is 5.75 Å². The molecule has 2 atom stereocenters. The highest BCUT2D eigenvalue weighted by Crippen LogP contribution is 2.33. The molecule has 1 rings (SSSR count). The van der Waals surface area contributed by atoms with Gasteiger partial charge >= 0.3 is 0 Å². The lowest BCUT2D eigenvalue weighted by Gasteiger charge is -2.18. The number of hydrogen-bond donors (Lipinski definition) is 2. The Balaban J connectivity index is 3.00. The number of rotatable bonds is 5. The van der Waals surface area contributed by atoms with Gasteiger partial charge in [0.2, 0.25) is 0 Å². The van der Waals surface area contributed by atoms with E-state index >= 15 is 0 Å². The van der Waals surface area contributed by atoms with E-state index in [-0.39, 0.29) is 0 Å². The maximum atomic E-state index is 9.66. The maximum Gasteiger partial charge on any atom is 0.125 e. The molecule has 3 nitrogen and oxygen atoms in total. The molecule has 0 amide bonds. The summed E-state index contributed by atoms with van der Waals surface area (Å²) in [5, 5.41) is 19.7. The lowest BCUT2D eigenvalue weighted by molar-refractivity contribution is 0.0264. The van der Waals surface area contributed by atoms with Gasteiger partial charge in [-0.3, -0.25) is 0 Å². The Morgan fingerprint density at radius 2 is 1.94 bits per heavy atom. The minimum atomic E-state index is -0.728. The quantitative estimate of drug-likeness (QED) is 0.866. The van der Waals surface area contributed by atoms with Crippen molar-refractivity contribution < 1.29 is 14.9 Å². The first-order valence-electron chi connectivity index (χ1n) is 6.07. The summed E-state index contributed by atoms with van der Waals surface area (Å²) in [5.41, 5.74) is 2.95. The summed E-state index contributed by atoms with van der Waals surface area (Å²) in [4.78, 5) is 0. The number of aliphatic hydroxyl groups excluding tert-OH is 2. The van der Waals surface area contributed by atoms with Gasteiger partial charge in [-0.25, -0.2) is 0 Å². The van der Waals surface area contributed by atoms with Gasteiger partial charge in [0, 0.05) is 5.02 Å². The van der Waals surface area contributed by atoms with Crippen LogP contribution in [0.1, 0.15) is 30.0 Å². The fraction of sp³-hybridized carbons (Fsp3) is 0.571. The molecule has 18 heavy (non-hydrogen) atoms. The third kappa shape index (κ3) is 3.37. The predicted octanol–water partition coefficient (Wildman–Crippen LogP) is 2.64. The summed E-state index contributed by atoms with van der Waals surface area (Å²) in [6.07, 6.45) is -0.345. The number of aliphatic hydroxyl groups is 2. The van der Waals surface area contributed by atoms with Crippen LogP contribution >= 0.6 is 11.6 Å². The van der Waals surface area contributed by atoms with Gasteiger partial charge in [-0.05, 0) is 56.4 Å². The molecular weight excluding hydrogens is 252 g/mol. The second kappa shape index (κ2) is 6.41. The zero-order chi connectivity index (χ0) is 13.9. The van der Waals surface area contributed by atoms with Gasteiger partial charge in [-0.15, -0.1) is 0 Å². The lowest BCUT2D eigenvalue weighted by atomic mass is 9.97. The fourth-order valence-corrected chi connectivity index (χ4v) is 2.31. The van der Waals surface area contributed by atoms with Crippen molar-refractivity contribution >= 4 is 11.6 Å². The van der Waals surface area contributed by atoms with Crippen molar-refractivity contribution in [3.8, 4) is 5.75 Å². The van der Waals surface area contributed by atoms with Crippen LogP contribution in [0.15, 0.2) is 6.07 Å². The van der Waals surface area contributed by atoms with Gasteiger partial charge in [-0.1, -0.05) is 11.6 Å². The highest BCUT2D eigenvalue weighted by Gasteiger charge is 2.16. The number of benzene rings is 1. The number of methoxy groups -OCH3 is 1. The average Bonchev–Trinajstić information content (AvgIpc) is 2.31. The molecule has 0 aliphatic carbocycles. The Morgan fingerprint density at radius 3 is 2.44 bits per heavy atom. The van der Waals surface area contributed by atoms with Crippen LogP contribution in [0, 0.1) is 13.8 Å². The van der Waals surface area contributed by atoms with E-state index in [1.165, 1.54) is 0 Å². The standard InChI is InChI=1S/C14H21ClO3/c1-8-7-12(15)9(2)11(14(8)18-4)5-6-13(17)10(3)16/h7,10,13,16-17H,5-6H2,1-4H3. The average molecular weight is 273 g/mol. The second-order valence-electron chi connectivity index (χ2n) is 4.66. The normalized spacial score (nSPS) is 14.4. The van der Waals surface area contributed by atoms with Crippen molar-refractivity contribution in [2.75, 3.05) is 7.11 Å². The van der Waals surface area contributed by atoms with Crippen LogP contribution in [0.3, 0.4) is 0 Å². The molecule has 1 aromatic carbocycles. The highest BCUT2D eigenvalue weighted by atomic mass is 35.5. The molecule has 1 aromatic rings. The number of hydrogen-bond acceptors (Lipinski definition) is 3. The van der Waals surface area contributed by atoms with E-state index in [4.69, 9.17) is 16.3 Å². The van der Waals surface area contributed by atoms with Crippen molar-refractivity contribution in [2.24, 2.45) is 0 Å². The highest BCUT2D eigenvalue weighted by molar-refractivity contribution is 6.31. The molecule has 0 aromatic heterocycles. The van der Waals surface area contributed by atoms with Gasteiger partial charge in [0.1, 0.15) is 5.75 Å². The van der Waals surface area contributed by atoms with Crippen LogP contribution in [-0.2, 0) is 6.42 Å². The van der Waals surface area contributed by atoms with Gasteiger partial charge < -0.3 is 14.9 Å². The Kier molecular flexibility index (Phi) is 5.45. The molecule has 0 aliphatic heterocycles. The maximum absolute atomic E-state index is 9.66. The van der Waals surface area contributed by atoms with E-state index in [1.54, 1.807) is 14.0 Å². The first kappa shape index (κ1) is 15.3. The van der Waals surface area contributed by atoms with Crippen LogP contribution in [0.25, 0.3) is 0 Å². The molecule has 0 radical (unpaired) electrons. The van der Waals surface area contributed by atoms with E-state index in [0.29, 0.717) is 17.9 Å². The third-order valence-corrected chi connectivity index (χ3v) is 3.63. The largest absolute Gasteiger partial charge is 0.496 e. The molecular formula is C14H21ClO3. The van der Waals surface area contributed by atoms with Crippen LogP contribution in [0.2, 0.25) is 5.02 Å². The number of halogens is 1. The van der Waals surface area contributed by atoms with E-state index in [1.807, 2.05) is 19.9 Å². The Labute approximate surface area is 113 Å². The summed E-state index contributed by atoms with van der Waals surface area (Å²) in [6, 6.07) is 1.88. The predicted molar refractivity (Wildman–Crippen MR) is 73.5 cm³/mol. The van der Waals surface area contributed by atoms with Crippen molar-refractivity contribution in [3.05, 3.63) is 27.8 Å². The van der Waals surface area contributed by atoms with Crippen molar-refractivity contribution in [2.45, 2.75) is 45.8 Å². The SMILES string of the molecule is COc1c(C)cc(Cl)c(C)c1CCC(O)C(C)O. The van der Waals surface area contributed by atoms with Gasteiger partial charge in [0.25, 0.3) is 0 Å². The Hall–Kier alpha value is -0.770. The second-order valence-corrected chi connectivity index (χ2v) is 5.07. The Morgan fingerprint density at radius 1 is 1.33 bits per heavy atom. The number of ether oxygens (including phenoxy) is 1. The molecule has 2 N–H and O–H groups in total. The Bertz CT molecular complexity index is 416. The number of aryl methyl sites for hydroxylation is 1. The molecule has 0 bridgehead atoms. The molecule has 102 valence electrons. The van der Waals surface area contributed by atoms with E-state index < -0.39 is 12.2 Å². The molecule has 0 fully saturated rings. The van der Waals surface area contributed by atoms with E-state index in [0.717, 1.165) is 22.4 Å². The van der Waals surface area contributed by atoms with E-state index in [2.05, 4.69) is 0 Å². The van der Waals surface area contributed by atoms with E-state index in [9.17, 15) is 10.2 Å². The van der Waals surface area contributed by atoms with Gasteiger partial charge in [-0.2, -0.15) is 0 Å². The van der Waals surface area contributed by atoms with Gasteiger partial charge in [0.05, 0.1) is 19.3 Å². The van der Waals surface area contributed by atoms with Crippen LogP contribution in [0.4, 0.5) is 0 Å². The first-order valence-corrected chi connectivity index (χ1v) is 6.45. The summed E-state index contributed by atoms with van der Waals surface area (Å²) >= 11 is 6.16. The first-order chi connectivity index (χ1) is 8.38. The minimum absolute atomic E-state index is 0.481. The molecule has 0 heterocycles. The summed E-state index contributed by atoms with van der Waals surface area (Å²) in [6.45, 7) is 5.46. The third-order valence-electron chi connectivity index (χ3n) is 3.24. The molecule has 2 unspecified atom stereocenters. The fourth-order valence-electron chi connectivity index (χ4n) is 2.03. The summed E-state index contributed by atoms with van der Waals surface area (Å²) < 4.78 is 5.40. The van der Waals surface area contributed by atoms with Crippen molar-refractivity contribution in [1.29, 1.82) is 0 Å². The summed E-state index contributed by atoms with van der Waals surface area (Å²) in [7, 11) is 1.63. The van der Waals surface area contributed by atoms with Crippen molar-refractivity contribution in [3.63, 3.8) is 0 Å². The van der Waals surface area contributed by atoms with Crippen LogP contribution in [-0.4, -0.2) is 29.5 Å². The molecule has 0 saturated carbocycles. The minimum Gasteiger partial charge on any atom is -0.496 e. The van der Waals surface area contributed by atoms with Crippen molar-refractivity contribution in [1.82, 2.24) is 0 Å². The molecule has 0 spiro atoms. The molecule has 4 heteroatoms. The molecule has 0 saturated heterocycles. The zero-order valence-electron chi connectivity index (χ0n) is 11.3. The zero-order valence-corrected chi connectivity index (χ0v) is 12.1. The topological polar surface area (TPSA) is 49.7 Å².